The van der Waals surface area contributed by atoms with E-state index in [-0.39, 0.29) is 0 Å². The van der Waals surface area contributed by atoms with Gasteiger partial charge in [-0.25, -0.2) is 0 Å². The van der Waals surface area contributed by atoms with Crippen LogP contribution in [0.5, 0.6) is 5.75 Å². The highest BCUT2D eigenvalue weighted by Gasteiger charge is 2.22. The van der Waals surface area contributed by atoms with Crippen LogP contribution in [0.2, 0.25) is 0 Å². The van der Waals surface area contributed by atoms with Crippen LogP contribution in [0.4, 0.5) is 0 Å². The van der Waals surface area contributed by atoms with Gasteiger partial charge in [0.25, 0.3) is 0 Å². The first-order chi connectivity index (χ1) is 8.63. The van der Waals surface area contributed by atoms with Crippen LogP contribution in [-0.2, 0) is 0 Å². The molecule has 1 aromatic carbocycles. The van der Waals surface area contributed by atoms with Crippen LogP contribution < -0.4 is 10.1 Å². The van der Waals surface area contributed by atoms with Crippen molar-refractivity contribution in [2.24, 2.45) is 5.92 Å². The molecular formula is C16H25NO. The standard InChI is InChI=1S/C16H25NO/c1-12-5-8-16(9-6-12)18-11-14(3)17-15-7-4-13(2)10-15/h5-6,8-9,13-15,17H,4,7,10-11H2,1-3H3. The Morgan fingerprint density at radius 3 is 2.61 bits per heavy atom. The van der Waals surface area contributed by atoms with Crippen molar-refractivity contribution in [3.63, 3.8) is 0 Å². The molecule has 2 heteroatoms. The molecule has 3 atom stereocenters. The van der Waals surface area contributed by atoms with E-state index in [9.17, 15) is 0 Å². The lowest BCUT2D eigenvalue weighted by atomic mass is 10.1. The van der Waals surface area contributed by atoms with Crippen LogP contribution in [0.1, 0.15) is 38.7 Å². The summed E-state index contributed by atoms with van der Waals surface area (Å²) < 4.78 is 5.80. The maximum Gasteiger partial charge on any atom is 0.119 e. The molecule has 1 aromatic rings. The highest BCUT2D eigenvalue weighted by molar-refractivity contribution is 5.26. The Morgan fingerprint density at radius 1 is 1.28 bits per heavy atom. The van der Waals surface area contributed by atoms with Gasteiger partial charge >= 0.3 is 0 Å². The smallest absolute Gasteiger partial charge is 0.119 e. The molecule has 0 aromatic heterocycles. The highest BCUT2D eigenvalue weighted by Crippen LogP contribution is 2.24. The van der Waals surface area contributed by atoms with E-state index >= 15 is 0 Å². The minimum atomic E-state index is 0.418. The molecule has 0 heterocycles. The van der Waals surface area contributed by atoms with Gasteiger partial charge in [-0.1, -0.05) is 24.6 Å². The van der Waals surface area contributed by atoms with E-state index in [4.69, 9.17) is 4.74 Å². The maximum atomic E-state index is 5.80. The lowest BCUT2D eigenvalue weighted by Gasteiger charge is -2.20. The predicted octanol–water partition coefficient (Wildman–Crippen LogP) is 3.54. The number of nitrogens with one attached hydrogen (secondary N) is 1. The van der Waals surface area contributed by atoms with Gasteiger partial charge in [0.2, 0.25) is 0 Å². The Labute approximate surface area is 111 Å². The molecule has 0 saturated heterocycles. The van der Waals surface area contributed by atoms with Crippen molar-refractivity contribution in [1.82, 2.24) is 5.32 Å². The van der Waals surface area contributed by atoms with Crippen LogP contribution in [0.3, 0.4) is 0 Å². The van der Waals surface area contributed by atoms with E-state index in [1.165, 1.54) is 24.8 Å². The fourth-order valence-electron chi connectivity index (χ4n) is 2.66. The van der Waals surface area contributed by atoms with Crippen LogP contribution in [0.25, 0.3) is 0 Å². The summed E-state index contributed by atoms with van der Waals surface area (Å²) in [6.45, 7) is 7.38. The Bertz CT molecular complexity index is 360. The molecule has 0 aliphatic heterocycles. The Kier molecular flexibility index (Phi) is 4.65. The van der Waals surface area contributed by atoms with E-state index in [0.717, 1.165) is 18.3 Å². The molecule has 0 bridgehead atoms. The lowest BCUT2D eigenvalue weighted by Crippen LogP contribution is -2.38. The van der Waals surface area contributed by atoms with Crippen molar-refractivity contribution >= 4 is 0 Å². The summed E-state index contributed by atoms with van der Waals surface area (Å²) in [6, 6.07) is 9.37. The number of hydrogen-bond acceptors (Lipinski definition) is 2. The number of hydrogen-bond donors (Lipinski definition) is 1. The molecule has 1 saturated carbocycles. The quantitative estimate of drug-likeness (QED) is 0.859. The van der Waals surface area contributed by atoms with Gasteiger partial charge < -0.3 is 10.1 Å². The van der Waals surface area contributed by atoms with Crippen LogP contribution >= 0.6 is 0 Å². The Hall–Kier alpha value is -1.02. The van der Waals surface area contributed by atoms with Crippen molar-refractivity contribution < 1.29 is 4.74 Å². The van der Waals surface area contributed by atoms with Gasteiger partial charge in [-0.05, 0) is 51.2 Å². The van der Waals surface area contributed by atoms with Crippen molar-refractivity contribution in [3.8, 4) is 5.75 Å². The van der Waals surface area contributed by atoms with Gasteiger partial charge in [-0.2, -0.15) is 0 Å². The second kappa shape index (κ2) is 6.24. The SMILES string of the molecule is Cc1ccc(OCC(C)NC2CCC(C)C2)cc1. The molecule has 0 radical (unpaired) electrons. The van der Waals surface area contributed by atoms with Crippen LogP contribution in [0, 0.1) is 12.8 Å². The van der Waals surface area contributed by atoms with Gasteiger partial charge in [0.05, 0.1) is 0 Å². The summed E-state index contributed by atoms with van der Waals surface area (Å²) >= 11 is 0. The first-order valence-electron chi connectivity index (χ1n) is 7.09. The minimum Gasteiger partial charge on any atom is -0.492 e. The second-order valence-corrected chi connectivity index (χ2v) is 5.81. The summed E-state index contributed by atoms with van der Waals surface area (Å²) in [5.41, 5.74) is 1.27. The Balaban J connectivity index is 1.71. The summed E-state index contributed by atoms with van der Waals surface area (Å²) in [7, 11) is 0. The molecule has 1 N–H and O–H groups in total. The summed E-state index contributed by atoms with van der Waals surface area (Å²) in [5.74, 6) is 1.85. The number of benzene rings is 1. The number of rotatable bonds is 5. The molecule has 18 heavy (non-hydrogen) atoms. The lowest BCUT2D eigenvalue weighted by molar-refractivity contribution is 0.260. The highest BCUT2D eigenvalue weighted by atomic mass is 16.5. The predicted molar refractivity (Wildman–Crippen MR) is 76.1 cm³/mol. The van der Waals surface area contributed by atoms with Gasteiger partial charge in [0.15, 0.2) is 0 Å². The summed E-state index contributed by atoms with van der Waals surface area (Å²) in [5, 5.41) is 3.67. The van der Waals surface area contributed by atoms with E-state index < -0.39 is 0 Å². The van der Waals surface area contributed by atoms with Crippen molar-refractivity contribution in [3.05, 3.63) is 29.8 Å². The zero-order valence-electron chi connectivity index (χ0n) is 11.8. The van der Waals surface area contributed by atoms with Gasteiger partial charge in [0.1, 0.15) is 12.4 Å². The third kappa shape index (κ3) is 4.02. The van der Waals surface area contributed by atoms with Crippen molar-refractivity contribution in [1.29, 1.82) is 0 Å². The normalized spacial score (nSPS) is 25.1. The largest absolute Gasteiger partial charge is 0.492 e. The van der Waals surface area contributed by atoms with Gasteiger partial charge in [-0.3, -0.25) is 0 Å². The van der Waals surface area contributed by atoms with E-state index in [1.807, 2.05) is 12.1 Å². The monoisotopic (exact) mass is 247 g/mol. The van der Waals surface area contributed by atoms with E-state index in [2.05, 4.69) is 38.2 Å². The average Bonchev–Trinajstić information content (AvgIpc) is 2.74. The summed E-state index contributed by atoms with van der Waals surface area (Å²) in [4.78, 5) is 0. The van der Waals surface area contributed by atoms with Crippen molar-refractivity contribution in [2.45, 2.75) is 52.1 Å². The fourth-order valence-corrected chi connectivity index (χ4v) is 2.66. The Morgan fingerprint density at radius 2 is 2.00 bits per heavy atom. The van der Waals surface area contributed by atoms with Crippen LogP contribution in [-0.4, -0.2) is 18.7 Å². The minimum absolute atomic E-state index is 0.418. The molecule has 0 amide bonds. The van der Waals surface area contributed by atoms with Gasteiger partial charge in [0, 0.05) is 12.1 Å². The van der Waals surface area contributed by atoms with E-state index in [0.29, 0.717) is 12.1 Å². The molecule has 0 spiro atoms. The zero-order valence-corrected chi connectivity index (χ0v) is 11.8. The van der Waals surface area contributed by atoms with Crippen molar-refractivity contribution in [2.75, 3.05) is 6.61 Å². The molecule has 3 unspecified atom stereocenters. The maximum absolute atomic E-state index is 5.80. The van der Waals surface area contributed by atoms with E-state index in [1.54, 1.807) is 0 Å². The van der Waals surface area contributed by atoms with Gasteiger partial charge in [-0.15, -0.1) is 0 Å². The third-order valence-corrected chi connectivity index (χ3v) is 3.74. The topological polar surface area (TPSA) is 21.3 Å². The first kappa shape index (κ1) is 13.4. The van der Waals surface area contributed by atoms with Crippen LogP contribution in [0.15, 0.2) is 24.3 Å². The average molecular weight is 247 g/mol. The second-order valence-electron chi connectivity index (χ2n) is 5.81. The number of aryl methyl sites for hydroxylation is 1. The first-order valence-corrected chi connectivity index (χ1v) is 7.09. The molecular weight excluding hydrogens is 222 g/mol. The molecule has 2 nitrogen and oxygen atoms in total. The molecule has 1 aliphatic rings. The number of ether oxygens (including phenoxy) is 1. The summed E-state index contributed by atoms with van der Waals surface area (Å²) in [6.07, 6.45) is 3.99. The fraction of sp³-hybridized carbons (Fsp3) is 0.625. The zero-order chi connectivity index (χ0) is 13.0. The molecule has 2 rings (SSSR count). The molecule has 1 fully saturated rings. The molecule has 100 valence electrons. The molecule has 1 aliphatic carbocycles. The third-order valence-electron chi connectivity index (χ3n) is 3.74.